The zero-order chi connectivity index (χ0) is 18.0. The molecule has 1 N–H and O–H groups in total. The highest BCUT2D eigenvalue weighted by atomic mass is 19.1. The predicted molar refractivity (Wildman–Crippen MR) is 85.3 cm³/mol. The first-order valence-corrected chi connectivity index (χ1v) is 7.55. The van der Waals surface area contributed by atoms with Crippen LogP contribution in [0.25, 0.3) is 11.1 Å². The lowest BCUT2D eigenvalue weighted by molar-refractivity contribution is 0.0926. The summed E-state index contributed by atoms with van der Waals surface area (Å²) in [6.45, 7) is 3.48. The van der Waals surface area contributed by atoms with Crippen LogP contribution in [-0.4, -0.2) is 28.7 Å². The number of carbonyl (C=O) groups excluding carboxylic acids is 1. The molecule has 0 spiro atoms. The zero-order valence-corrected chi connectivity index (χ0v) is 13.5. The first kappa shape index (κ1) is 16.8. The highest BCUT2D eigenvalue weighted by Crippen LogP contribution is 2.18. The van der Waals surface area contributed by atoms with Crippen molar-refractivity contribution in [3.8, 4) is 5.75 Å². The maximum Gasteiger partial charge on any atom is 0.257 e. The number of benzene rings is 1. The molecule has 0 saturated carbocycles. The van der Waals surface area contributed by atoms with E-state index in [1.54, 1.807) is 19.9 Å². The molecule has 1 aromatic carbocycles. The van der Waals surface area contributed by atoms with Crippen molar-refractivity contribution in [3.05, 3.63) is 53.4 Å². The van der Waals surface area contributed by atoms with E-state index in [4.69, 9.17) is 9.26 Å². The number of hydrogen-bond donors (Lipinski definition) is 1. The predicted octanol–water partition coefficient (Wildman–Crippen LogP) is 3.01. The molecule has 0 radical (unpaired) electrons. The van der Waals surface area contributed by atoms with E-state index in [0.717, 1.165) is 12.1 Å². The SMILES string of the molecule is Cc1noc2ncc(C(=O)N[C@H](C)COc3ccc(F)cc3F)cc12. The maximum absolute atomic E-state index is 13.5. The van der Waals surface area contributed by atoms with Gasteiger partial charge in [0, 0.05) is 12.3 Å². The van der Waals surface area contributed by atoms with Crippen LogP contribution in [0.3, 0.4) is 0 Å². The summed E-state index contributed by atoms with van der Waals surface area (Å²) >= 11 is 0. The Morgan fingerprint density at radius 1 is 1.36 bits per heavy atom. The third-order valence-electron chi connectivity index (χ3n) is 3.53. The summed E-state index contributed by atoms with van der Waals surface area (Å²) in [6, 6.07) is 4.27. The molecule has 0 bridgehead atoms. The fraction of sp³-hybridized carbons (Fsp3) is 0.235. The van der Waals surface area contributed by atoms with Gasteiger partial charge in [-0.25, -0.2) is 13.8 Å². The second kappa shape index (κ2) is 6.84. The van der Waals surface area contributed by atoms with Gasteiger partial charge in [0.25, 0.3) is 11.6 Å². The van der Waals surface area contributed by atoms with Gasteiger partial charge in [0.2, 0.25) is 0 Å². The molecule has 25 heavy (non-hydrogen) atoms. The summed E-state index contributed by atoms with van der Waals surface area (Å²) in [5.41, 5.74) is 1.34. The van der Waals surface area contributed by atoms with Crippen LogP contribution in [0.4, 0.5) is 8.78 Å². The molecule has 8 heteroatoms. The van der Waals surface area contributed by atoms with Gasteiger partial charge in [-0.3, -0.25) is 4.79 Å². The monoisotopic (exact) mass is 347 g/mol. The molecule has 0 aliphatic heterocycles. The van der Waals surface area contributed by atoms with E-state index in [0.29, 0.717) is 22.4 Å². The Balaban J connectivity index is 1.62. The molecule has 0 aliphatic rings. The van der Waals surface area contributed by atoms with Crippen LogP contribution < -0.4 is 10.1 Å². The number of nitrogens with one attached hydrogen (secondary N) is 1. The molecule has 0 saturated heterocycles. The first-order chi connectivity index (χ1) is 11.9. The minimum absolute atomic E-state index is 0.0241. The van der Waals surface area contributed by atoms with Gasteiger partial charge in [0.1, 0.15) is 12.4 Å². The second-order valence-electron chi connectivity index (χ2n) is 5.60. The van der Waals surface area contributed by atoms with E-state index in [-0.39, 0.29) is 18.3 Å². The van der Waals surface area contributed by atoms with Crippen molar-refractivity contribution in [3.63, 3.8) is 0 Å². The van der Waals surface area contributed by atoms with Gasteiger partial charge in [0.15, 0.2) is 11.6 Å². The number of ether oxygens (including phenoxy) is 1. The Hall–Kier alpha value is -3.03. The number of rotatable bonds is 5. The zero-order valence-electron chi connectivity index (χ0n) is 13.5. The number of nitrogens with zero attached hydrogens (tertiary/aromatic N) is 2. The molecule has 2 aromatic heterocycles. The van der Waals surface area contributed by atoms with Crippen molar-refractivity contribution in [1.82, 2.24) is 15.5 Å². The van der Waals surface area contributed by atoms with Gasteiger partial charge in [-0.15, -0.1) is 0 Å². The summed E-state index contributed by atoms with van der Waals surface area (Å²) in [5, 5.41) is 7.16. The van der Waals surface area contributed by atoms with E-state index in [9.17, 15) is 13.6 Å². The van der Waals surface area contributed by atoms with Crippen molar-refractivity contribution in [2.24, 2.45) is 0 Å². The minimum Gasteiger partial charge on any atom is -0.488 e. The van der Waals surface area contributed by atoms with Crippen LogP contribution in [0.1, 0.15) is 23.0 Å². The largest absolute Gasteiger partial charge is 0.488 e. The normalized spacial score (nSPS) is 12.2. The summed E-state index contributed by atoms with van der Waals surface area (Å²) in [7, 11) is 0. The summed E-state index contributed by atoms with van der Waals surface area (Å²) in [4.78, 5) is 16.3. The lowest BCUT2D eigenvalue weighted by atomic mass is 10.2. The van der Waals surface area contributed by atoms with E-state index in [1.807, 2.05) is 0 Å². The summed E-state index contributed by atoms with van der Waals surface area (Å²) in [6.07, 6.45) is 1.38. The van der Waals surface area contributed by atoms with E-state index < -0.39 is 17.7 Å². The quantitative estimate of drug-likeness (QED) is 0.768. The molecular formula is C17H15F2N3O3. The Morgan fingerprint density at radius 3 is 2.92 bits per heavy atom. The molecule has 130 valence electrons. The van der Waals surface area contributed by atoms with E-state index in [2.05, 4.69) is 15.5 Å². The Labute approximate surface area is 141 Å². The molecule has 3 rings (SSSR count). The number of fused-ring (bicyclic) bond motifs is 1. The van der Waals surface area contributed by atoms with Gasteiger partial charge in [-0.2, -0.15) is 0 Å². The standard InChI is InChI=1S/C17H15F2N3O3/c1-9(8-24-15-4-3-12(18)6-14(15)19)21-16(23)11-5-13-10(2)22-25-17(13)20-7-11/h3-7,9H,8H2,1-2H3,(H,21,23)/t9-/m1/s1. The number of carbonyl (C=O) groups is 1. The number of pyridine rings is 1. The van der Waals surface area contributed by atoms with Crippen LogP contribution in [-0.2, 0) is 0 Å². The topological polar surface area (TPSA) is 77.2 Å². The van der Waals surface area contributed by atoms with Crippen LogP contribution >= 0.6 is 0 Å². The molecule has 0 unspecified atom stereocenters. The third-order valence-corrected chi connectivity index (χ3v) is 3.53. The van der Waals surface area contributed by atoms with E-state index >= 15 is 0 Å². The highest BCUT2D eigenvalue weighted by molar-refractivity contribution is 5.97. The van der Waals surface area contributed by atoms with Crippen molar-refractivity contribution < 1.29 is 22.8 Å². The van der Waals surface area contributed by atoms with Crippen LogP contribution in [0.5, 0.6) is 5.75 Å². The van der Waals surface area contributed by atoms with Crippen LogP contribution in [0, 0.1) is 18.6 Å². The average molecular weight is 347 g/mol. The van der Waals surface area contributed by atoms with Crippen molar-refractivity contribution in [2.45, 2.75) is 19.9 Å². The molecular weight excluding hydrogens is 332 g/mol. The average Bonchev–Trinajstić information content (AvgIpc) is 2.94. The molecule has 0 aliphatic carbocycles. The fourth-order valence-corrected chi connectivity index (χ4v) is 2.23. The molecule has 6 nitrogen and oxygen atoms in total. The molecule has 0 fully saturated rings. The molecule has 1 atom stereocenters. The minimum atomic E-state index is -0.795. The third kappa shape index (κ3) is 3.73. The Kier molecular flexibility index (Phi) is 4.60. The Bertz CT molecular complexity index is 927. The molecule has 3 aromatic rings. The van der Waals surface area contributed by atoms with Gasteiger partial charge in [-0.1, -0.05) is 5.16 Å². The fourth-order valence-electron chi connectivity index (χ4n) is 2.23. The lowest BCUT2D eigenvalue weighted by Gasteiger charge is -2.15. The number of amides is 1. The summed E-state index contributed by atoms with van der Waals surface area (Å²) < 4.78 is 36.6. The van der Waals surface area contributed by atoms with Crippen molar-refractivity contribution in [2.75, 3.05) is 6.61 Å². The highest BCUT2D eigenvalue weighted by Gasteiger charge is 2.15. The lowest BCUT2D eigenvalue weighted by Crippen LogP contribution is -2.36. The van der Waals surface area contributed by atoms with Gasteiger partial charge in [0.05, 0.1) is 22.7 Å². The van der Waals surface area contributed by atoms with Crippen molar-refractivity contribution in [1.29, 1.82) is 0 Å². The van der Waals surface area contributed by atoms with E-state index in [1.165, 1.54) is 12.3 Å². The van der Waals surface area contributed by atoms with Crippen LogP contribution in [0.2, 0.25) is 0 Å². The molecule has 2 heterocycles. The van der Waals surface area contributed by atoms with Gasteiger partial charge in [-0.05, 0) is 32.0 Å². The first-order valence-electron chi connectivity index (χ1n) is 7.55. The van der Waals surface area contributed by atoms with Gasteiger partial charge < -0.3 is 14.6 Å². The maximum atomic E-state index is 13.5. The van der Waals surface area contributed by atoms with Gasteiger partial charge >= 0.3 is 0 Å². The molecule has 1 amide bonds. The second-order valence-corrected chi connectivity index (χ2v) is 5.60. The number of aromatic nitrogens is 2. The summed E-state index contributed by atoms with van der Waals surface area (Å²) in [5.74, 6) is -1.91. The number of aryl methyl sites for hydroxylation is 1. The van der Waals surface area contributed by atoms with Crippen LogP contribution in [0.15, 0.2) is 35.0 Å². The Morgan fingerprint density at radius 2 is 2.16 bits per heavy atom. The van der Waals surface area contributed by atoms with Crippen molar-refractivity contribution >= 4 is 17.0 Å². The number of halogens is 2. The smallest absolute Gasteiger partial charge is 0.257 e. The number of hydrogen-bond acceptors (Lipinski definition) is 5.